The number of aliphatic hydroxyl groups is 4. The number of hydrogen-bond donors (Lipinski definition) is 5. The molecule has 5 N–H and O–H groups in total. The van der Waals surface area contributed by atoms with Crippen molar-refractivity contribution in [3.05, 3.63) is 36.5 Å². The first kappa shape index (κ1) is 54.5. The van der Waals surface area contributed by atoms with Crippen LogP contribution in [0, 0.1) is 0 Å². The molecule has 0 saturated carbocycles. The van der Waals surface area contributed by atoms with Crippen molar-refractivity contribution in [1.29, 1.82) is 0 Å². The van der Waals surface area contributed by atoms with E-state index < -0.39 is 36.9 Å². The molecule has 56 heavy (non-hydrogen) atoms. The maximum atomic E-state index is 12.5. The van der Waals surface area contributed by atoms with Gasteiger partial charge in [0.25, 0.3) is 0 Å². The Morgan fingerprint density at radius 3 is 1.12 bits per heavy atom. The molecule has 0 aromatic heterocycles. The molecular formula is C50H95NO5. The third-order valence-corrected chi connectivity index (χ3v) is 11.3. The third kappa shape index (κ3) is 38.1. The zero-order chi connectivity index (χ0) is 41.0. The lowest BCUT2D eigenvalue weighted by Crippen LogP contribution is -2.53. The van der Waals surface area contributed by atoms with Gasteiger partial charge < -0.3 is 25.7 Å². The van der Waals surface area contributed by atoms with E-state index in [1.807, 2.05) is 0 Å². The first-order valence-electron chi connectivity index (χ1n) is 24.4. The van der Waals surface area contributed by atoms with Crippen molar-refractivity contribution in [3.63, 3.8) is 0 Å². The highest BCUT2D eigenvalue weighted by Crippen LogP contribution is 2.16. The van der Waals surface area contributed by atoms with Crippen LogP contribution in [0.3, 0.4) is 0 Å². The molecule has 0 spiro atoms. The largest absolute Gasteiger partial charge is 0.394 e. The number of unbranched alkanes of at least 4 members (excludes halogenated alkanes) is 29. The lowest BCUT2D eigenvalue weighted by Gasteiger charge is -2.27. The summed E-state index contributed by atoms with van der Waals surface area (Å²) in [7, 11) is 0. The normalized spacial score (nSPS) is 14.3. The van der Waals surface area contributed by atoms with Crippen LogP contribution in [0.4, 0.5) is 0 Å². The molecule has 0 aliphatic carbocycles. The molecule has 0 saturated heterocycles. The minimum Gasteiger partial charge on any atom is -0.394 e. The van der Waals surface area contributed by atoms with Gasteiger partial charge in [0.1, 0.15) is 12.2 Å². The van der Waals surface area contributed by atoms with Crippen molar-refractivity contribution >= 4 is 5.91 Å². The molecule has 4 atom stereocenters. The molecule has 0 aromatic carbocycles. The van der Waals surface area contributed by atoms with Crippen LogP contribution < -0.4 is 5.32 Å². The second-order valence-corrected chi connectivity index (χ2v) is 16.8. The van der Waals surface area contributed by atoms with Gasteiger partial charge in [0.05, 0.1) is 18.8 Å². The highest BCUT2D eigenvalue weighted by molar-refractivity contribution is 5.80. The summed E-state index contributed by atoms with van der Waals surface area (Å²) in [5.74, 6) is -0.597. The first-order chi connectivity index (χ1) is 27.5. The summed E-state index contributed by atoms with van der Waals surface area (Å²) in [5.41, 5.74) is 0. The summed E-state index contributed by atoms with van der Waals surface area (Å²) in [5, 5.41) is 43.8. The van der Waals surface area contributed by atoms with Crippen LogP contribution in [0.15, 0.2) is 36.5 Å². The van der Waals surface area contributed by atoms with Gasteiger partial charge in [-0.25, -0.2) is 0 Å². The van der Waals surface area contributed by atoms with Crippen molar-refractivity contribution in [2.75, 3.05) is 6.61 Å². The quantitative estimate of drug-likeness (QED) is 0.0312. The van der Waals surface area contributed by atoms with Crippen LogP contribution >= 0.6 is 0 Å². The van der Waals surface area contributed by atoms with Crippen LogP contribution in [0.25, 0.3) is 0 Å². The molecule has 4 unspecified atom stereocenters. The topological polar surface area (TPSA) is 110 Å². The third-order valence-electron chi connectivity index (χ3n) is 11.3. The zero-order valence-electron chi connectivity index (χ0n) is 37.1. The van der Waals surface area contributed by atoms with Crippen LogP contribution in [0.5, 0.6) is 0 Å². The Kier molecular flexibility index (Phi) is 43.5. The lowest BCUT2D eigenvalue weighted by molar-refractivity contribution is -0.132. The van der Waals surface area contributed by atoms with Crippen molar-refractivity contribution in [2.24, 2.45) is 0 Å². The molecule has 0 rings (SSSR count). The number of carbonyl (C=O) groups excluding carboxylic acids is 1. The molecule has 0 radical (unpaired) electrons. The van der Waals surface area contributed by atoms with Gasteiger partial charge in [-0.05, 0) is 64.2 Å². The van der Waals surface area contributed by atoms with E-state index in [2.05, 4.69) is 55.6 Å². The smallest absolute Gasteiger partial charge is 0.249 e. The van der Waals surface area contributed by atoms with Gasteiger partial charge >= 0.3 is 0 Å². The summed E-state index contributed by atoms with van der Waals surface area (Å²) in [6, 6.07) is -1.01. The fourth-order valence-corrected chi connectivity index (χ4v) is 7.44. The van der Waals surface area contributed by atoms with Gasteiger partial charge in [-0.15, -0.1) is 0 Å². The highest BCUT2D eigenvalue weighted by Gasteiger charge is 2.28. The SMILES string of the molecule is CCCCCCCCCCC/C=C/CC/C=C/CC/C=C/CCCC(O)C(O)C(CO)NC(=O)C(O)CCCCCCCCCCCCCCCCCCCC. The fraction of sp³-hybridized carbons (Fsp3) is 0.860. The first-order valence-corrected chi connectivity index (χ1v) is 24.4. The molecule has 0 fully saturated rings. The van der Waals surface area contributed by atoms with Gasteiger partial charge in [0.15, 0.2) is 0 Å². The van der Waals surface area contributed by atoms with Crippen molar-refractivity contribution < 1.29 is 25.2 Å². The Morgan fingerprint density at radius 1 is 0.429 bits per heavy atom. The van der Waals surface area contributed by atoms with Crippen molar-refractivity contribution in [2.45, 2.75) is 269 Å². The second-order valence-electron chi connectivity index (χ2n) is 16.8. The van der Waals surface area contributed by atoms with Crippen LogP contribution in [-0.2, 0) is 4.79 Å². The summed E-state index contributed by atoms with van der Waals surface area (Å²) < 4.78 is 0. The van der Waals surface area contributed by atoms with E-state index in [1.54, 1.807) is 0 Å². The van der Waals surface area contributed by atoms with E-state index in [1.165, 1.54) is 161 Å². The van der Waals surface area contributed by atoms with E-state index in [4.69, 9.17) is 0 Å². The maximum absolute atomic E-state index is 12.5. The van der Waals surface area contributed by atoms with Gasteiger partial charge in [-0.2, -0.15) is 0 Å². The van der Waals surface area contributed by atoms with Gasteiger partial charge in [-0.3, -0.25) is 4.79 Å². The number of nitrogens with one attached hydrogen (secondary N) is 1. The summed E-state index contributed by atoms with van der Waals surface area (Å²) in [6.07, 6.45) is 53.3. The van der Waals surface area contributed by atoms with Gasteiger partial charge in [-0.1, -0.05) is 217 Å². The van der Waals surface area contributed by atoms with E-state index in [0.29, 0.717) is 19.3 Å². The number of aliphatic hydroxyl groups excluding tert-OH is 4. The Balaban J connectivity index is 3.77. The van der Waals surface area contributed by atoms with E-state index in [0.717, 1.165) is 51.4 Å². The molecule has 0 bridgehead atoms. The monoisotopic (exact) mass is 790 g/mol. The number of carbonyl (C=O) groups is 1. The Hall–Kier alpha value is -1.47. The fourth-order valence-electron chi connectivity index (χ4n) is 7.44. The Bertz CT molecular complexity index is 889. The number of rotatable bonds is 44. The van der Waals surface area contributed by atoms with E-state index in [9.17, 15) is 25.2 Å². The van der Waals surface area contributed by atoms with Gasteiger partial charge in [0.2, 0.25) is 5.91 Å². The lowest BCUT2D eigenvalue weighted by atomic mass is 10.00. The van der Waals surface area contributed by atoms with E-state index in [-0.39, 0.29) is 0 Å². The molecule has 1 amide bonds. The number of hydrogen-bond acceptors (Lipinski definition) is 5. The second kappa shape index (κ2) is 44.6. The molecule has 6 nitrogen and oxygen atoms in total. The highest BCUT2D eigenvalue weighted by atomic mass is 16.3. The maximum Gasteiger partial charge on any atom is 0.249 e. The van der Waals surface area contributed by atoms with Crippen LogP contribution in [0.2, 0.25) is 0 Å². The number of allylic oxidation sites excluding steroid dienone is 6. The summed E-state index contributed by atoms with van der Waals surface area (Å²) in [4.78, 5) is 12.5. The molecule has 0 aliphatic rings. The van der Waals surface area contributed by atoms with Crippen LogP contribution in [-0.4, -0.2) is 57.3 Å². The molecule has 0 aliphatic heterocycles. The molecule has 330 valence electrons. The number of amides is 1. The predicted molar refractivity (Wildman–Crippen MR) is 242 cm³/mol. The summed E-state index contributed by atoms with van der Waals surface area (Å²) >= 11 is 0. The van der Waals surface area contributed by atoms with Crippen LogP contribution in [0.1, 0.15) is 245 Å². The van der Waals surface area contributed by atoms with E-state index >= 15 is 0 Å². The molecule has 0 aromatic rings. The Morgan fingerprint density at radius 2 is 0.750 bits per heavy atom. The average Bonchev–Trinajstić information content (AvgIpc) is 3.20. The Labute approximate surface area is 347 Å². The van der Waals surface area contributed by atoms with Crippen molar-refractivity contribution in [3.8, 4) is 0 Å². The van der Waals surface area contributed by atoms with Crippen molar-refractivity contribution in [1.82, 2.24) is 5.32 Å². The van der Waals surface area contributed by atoms with Gasteiger partial charge in [0, 0.05) is 0 Å². The predicted octanol–water partition coefficient (Wildman–Crippen LogP) is 13.3. The zero-order valence-corrected chi connectivity index (χ0v) is 37.1. The minimum absolute atomic E-state index is 0.361. The minimum atomic E-state index is -1.29. The molecule has 0 heterocycles. The standard InChI is InChI=1S/C50H95NO5/c1-3-5-7-9-11-13-15-17-19-21-23-24-25-26-28-29-31-33-35-37-39-41-43-47(53)49(55)46(45-52)51-50(56)48(54)44-42-40-38-36-34-32-30-27-22-20-18-16-14-12-10-8-6-4-2/h23-24,28-29,35,37,46-49,52-55H,3-22,25-27,30-34,36,38-45H2,1-2H3,(H,51,56)/b24-23+,29-28+,37-35+. The summed E-state index contributed by atoms with van der Waals surface area (Å²) in [6.45, 7) is 4.05. The molecular weight excluding hydrogens is 695 g/mol. The average molecular weight is 790 g/mol. The molecule has 6 heteroatoms.